The predicted octanol–water partition coefficient (Wildman–Crippen LogP) is 5.01. The molecule has 2 aliphatic heterocycles. The van der Waals surface area contributed by atoms with Crippen LogP contribution in [0.3, 0.4) is 0 Å². The highest BCUT2D eigenvalue weighted by Gasteiger charge is 2.27. The molecule has 2 fully saturated rings. The smallest absolute Gasteiger partial charge is 0.227 e. The second-order valence-corrected chi connectivity index (χ2v) is 10.7. The van der Waals surface area contributed by atoms with E-state index in [1.165, 1.54) is 14.2 Å². The summed E-state index contributed by atoms with van der Waals surface area (Å²) in [6.07, 6.45) is 5.50. The van der Waals surface area contributed by atoms with E-state index in [-0.39, 0.29) is 6.61 Å². The maximum Gasteiger partial charge on any atom is 0.227 e. The van der Waals surface area contributed by atoms with Crippen molar-refractivity contribution in [2.24, 2.45) is 0 Å². The number of piperidine rings is 1. The van der Waals surface area contributed by atoms with Gasteiger partial charge in [0.15, 0.2) is 5.75 Å². The molecule has 220 valence electrons. The van der Waals surface area contributed by atoms with Gasteiger partial charge in [0.2, 0.25) is 5.95 Å². The Morgan fingerprint density at radius 2 is 1.51 bits per heavy atom. The van der Waals surface area contributed by atoms with Crippen molar-refractivity contribution in [1.29, 1.82) is 0 Å². The van der Waals surface area contributed by atoms with Crippen molar-refractivity contribution in [2.45, 2.75) is 25.5 Å². The lowest BCUT2D eigenvalue weighted by Crippen LogP contribution is -2.52. The van der Waals surface area contributed by atoms with E-state index < -0.39 is 0 Å². The normalized spacial score (nSPS) is 16.4. The molecule has 3 aromatic rings. The first-order valence-electron chi connectivity index (χ1n) is 13.7. The van der Waals surface area contributed by atoms with Crippen LogP contribution in [0, 0.1) is 0 Å². The molecule has 3 heterocycles. The number of anilines is 3. The van der Waals surface area contributed by atoms with Crippen LogP contribution in [0.4, 0.5) is 17.3 Å². The average molecular weight is 604 g/mol. The quantitative estimate of drug-likeness (QED) is 0.330. The summed E-state index contributed by atoms with van der Waals surface area (Å²) in [5.41, 5.74) is 2.48. The molecule has 0 atom stereocenters. The van der Waals surface area contributed by atoms with Gasteiger partial charge in [-0.1, -0.05) is 23.2 Å². The number of aromatic nitrogens is 2. The molecule has 0 unspecified atom stereocenters. The minimum Gasteiger partial charge on any atom is -0.495 e. The molecule has 41 heavy (non-hydrogen) atoms. The van der Waals surface area contributed by atoms with Gasteiger partial charge in [0.25, 0.3) is 0 Å². The predicted molar refractivity (Wildman–Crippen MR) is 162 cm³/mol. The van der Waals surface area contributed by atoms with Gasteiger partial charge in [0.05, 0.1) is 49.5 Å². The lowest BCUT2D eigenvalue weighted by molar-refractivity contribution is 0.150. The second-order valence-electron chi connectivity index (χ2n) is 9.93. The van der Waals surface area contributed by atoms with Crippen molar-refractivity contribution in [3.8, 4) is 23.0 Å². The molecule has 10 nitrogen and oxygen atoms in total. The van der Waals surface area contributed by atoms with Crippen LogP contribution in [0.2, 0.25) is 10.0 Å². The largest absolute Gasteiger partial charge is 0.495 e. The molecule has 2 aromatic carbocycles. The molecule has 2 aliphatic rings. The highest BCUT2D eigenvalue weighted by molar-refractivity contribution is 6.37. The minimum atomic E-state index is 0.0898. The Balaban J connectivity index is 1.19. The summed E-state index contributed by atoms with van der Waals surface area (Å²) in [6.45, 7) is 6.58. The second kappa shape index (κ2) is 13.7. The van der Waals surface area contributed by atoms with E-state index >= 15 is 0 Å². The van der Waals surface area contributed by atoms with Crippen molar-refractivity contribution in [3.63, 3.8) is 0 Å². The number of methoxy groups -OCH3 is 3. The van der Waals surface area contributed by atoms with Crippen molar-refractivity contribution < 1.29 is 18.9 Å². The first-order valence-corrected chi connectivity index (χ1v) is 14.4. The lowest BCUT2D eigenvalue weighted by Gasteiger charge is -2.41. The molecule has 0 aliphatic carbocycles. The number of hydrogen-bond acceptors (Lipinski definition) is 10. The third-order valence-corrected chi connectivity index (χ3v) is 8.41. The van der Waals surface area contributed by atoms with Gasteiger partial charge >= 0.3 is 0 Å². The Bertz CT molecular complexity index is 1290. The van der Waals surface area contributed by atoms with Crippen LogP contribution < -0.4 is 34.5 Å². The third kappa shape index (κ3) is 6.83. The topological polar surface area (TPSA) is 93.2 Å². The fourth-order valence-corrected chi connectivity index (χ4v) is 5.95. The molecule has 0 radical (unpaired) electrons. The first kappa shape index (κ1) is 29.3. The van der Waals surface area contributed by atoms with Crippen LogP contribution in [-0.2, 0) is 6.61 Å². The van der Waals surface area contributed by atoms with E-state index in [0.717, 1.165) is 69.2 Å². The SMILES string of the molecule is COc1cc(Nc2ncc(OCc3c(Cl)c(OC)cc(OC)c3Cl)cn2)ccc1N1CCC(N2CCNCC2)CC1. The Labute approximate surface area is 250 Å². The van der Waals surface area contributed by atoms with Gasteiger partial charge in [0.1, 0.15) is 23.9 Å². The fourth-order valence-electron chi connectivity index (χ4n) is 5.34. The third-order valence-electron chi connectivity index (χ3n) is 7.58. The van der Waals surface area contributed by atoms with E-state index in [0.29, 0.717) is 44.8 Å². The molecule has 12 heteroatoms. The van der Waals surface area contributed by atoms with Crippen molar-refractivity contribution in [1.82, 2.24) is 20.2 Å². The molecule has 1 aromatic heterocycles. The summed E-state index contributed by atoms with van der Waals surface area (Å²) in [7, 11) is 4.76. The fraction of sp³-hybridized carbons (Fsp3) is 0.448. The molecule has 0 bridgehead atoms. The highest BCUT2D eigenvalue weighted by atomic mass is 35.5. The van der Waals surface area contributed by atoms with Crippen LogP contribution in [0.15, 0.2) is 36.7 Å². The maximum atomic E-state index is 6.45. The van der Waals surface area contributed by atoms with Gasteiger partial charge in [-0.25, -0.2) is 9.97 Å². The van der Waals surface area contributed by atoms with E-state index in [9.17, 15) is 0 Å². The monoisotopic (exact) mass is 602 g/mol. The number of nitrogens with one attached hydrogen (secondary N) is 2. The molecule has 2 N–H and O–H groups in total. The summed E-state index contributed by atoms with van der Waals surface area (Å²) in [5, 5.41) is 7.41. The number of halogens is 2. The van der Waals surface area contributed by atoms with Crippen molar-refractivity contribution in [2.75, 3.05) is 70.8 Å². The Morgan fingerprint density at radius 1 is 0.878 bits per heavy atom. The van der Waals surface area contributed by atoms with Crippen LogP contribution in [-0.4, -0.2) is 81.5 Å². The molecule has 5 rings (SSSR count). The van der Waals surface area contributed by atoms with Crippen molar-refractivity contribution >= 4 is 40.5 Å². The van der Waals surface area contributed by atoms with Gasteiger partial charge in [-0.05, 0) is 25.0 Å². The Morgan fingerprint density at radius 3 is 2.12 bits per heavy atom. The van der Waals surface area contributed by atoms with Crippen LogP contribution >= 0.6 is 23.2 Å². The number of ether oxygens (including phenoxy) is 4. The molecule has 2 saturated heterocycles. The summed E-state index contributed by atoms with van der Waals surface area (Å²) < 4.78 is 22.3. The zero-order chi connectivity index (χ0) is 28.8. The van der Waals surface area contributed by atoms with Gasteiger partial charge in [-0.15, -0.1) is 0 Å². The summed E-state index contributed by atoms with van der Waals surface area (Å²) in [6, 6.07) is 8.39. The highest BCUT2D eigenvalue weighted by Crippen LogP contribution is 2.41. The van der Waals surface area contributed by atoms with E-state index in [4.69, 9.17) is 42.1 Å². The molecule has 0 saturated carbocycles. The standard InChI is InChI=1S/C29H36Cl2N6O4/c1-38-24-14-19(4-5-23(24)37-10-6-20(7-11-37)36-12-8-32-9-13-36)35-29-33-16-21(17-34-29)41-18-22-27(30)25(39-2)15-26(40-3)28(22)31/h4-5,14-17,20,32H,6-13,18H2,1-3H3,(H,33,34,35). The maximum absolute atomic E-state index is 6.45. The Kier molecular flexibility index (Phi) is 9.76. The van der Waals surface area contributed by atoms with Gasteiger partial charge in [-0.3, -0.25) is 4.90 Å². The van der Waals surface area contributed by atoms with E-state index in [1.807, 2.05) is 12.1 Å². The molecule has 0 amide bonds. The number of hydrogen-bond donors (Lipinski definition) is 2. The van der Waals surface area contributed by atoms with Crippen LogP contribution in [0.5, 0.6) is 23.0 Å². The Hall–Kier alpha value is -3.18. The zero-order valence-corrected chi connectivity index (χ0v) is 25.1. The first-order chi connectivity index (χ1) is 20.0. The molecular weight excluding hydrogens is 567 g/mol. The summed E-state index contributed by atoms with van der Waals surface area (Å²) in [4.78, 5) is 13.8. The van der Waals surface area contributed by atoms with Crippen LogP contribution in [0.1, 0.15) is 18.4 Å². The summed E-state index contributed by atoms with van der Waals surface area (Å²) >= 11 is 12.9. The van der Waals surface area contributed by atoms with Crippen molar-refractivity contribution in [3.05, 3.63) is 52.3 Å². The van der Waals surface area contributed by atoms with Crippen LogP contribution in [0.25, 0.3) is 0 Å². The molecule has 0 spiro atoms. The average Bonchev–Trinajstić information content (AvgIpc) is 3.02. The summed E-state index contributed by atoms with van der Waals surface area (Å²) in [5.74, 6) is 2.61. The molecular formula is C29H36Cl2N6O4. The van der Waals surface area contributed by atoms with Gasteiger partial charge in [-0.2, -0.15) is 0 Å². The van der Waals surface area contributed by atoms with E-state index in [1.54, 1.807) is 25.6 Å². The van der Waals surface area contributed by atoms with Gasteiger partial charge in [0, 0.05) is 68.7 Å². The number of benzene rings is 2. The zero-order valence-electron chi connectivity index (χ0n) is 23.6. The van der Waals surface area contributed by atoms with Gasteiger partial charge < -0.3 is 34.5 Å². The minimum absolute atomic E-state index is 0.0898. The lowest BCUT2D eigenvalue weighted by atomic mass is 10.0. The number of rotatable bonds is 10. The van der Waals surface area contributed by atoms with E-state index in [2.05, 4.69) is 36.5 Å². The number of piperazine rings is 1. The number of nitrogens with zero attached hydrogens (tertiary/aromatic N) is 4.